The van der Waals surface area contributed by atoms with Crippen LogP contribution in [0.5, 0.6) is 0 Å². The van der Waals surface area contributed by atoms with Crippen molar-refractivity contribution in [1.82, 2.24) is 15.0 Å². The smallest absolute Gasteiger partial charge is 0.233 e. The van der Waals surface area contributed by atoms with Gasteiger partial charge in [-0.15, -0.1) is 0 Å². The zero-order valence-corrected chi connectivity index (χ0v) is 15.3. The number of benzene rings is 2. The standard InChI is InChI=1S/C19H14ClN7/c1-11-7-14(10-22)8-12(2)16(11)24-19-26-17(20)25-18(27-19)23-15-5-3-13(9-21)4-6-15/h3-8H,1-2H3,(H2,23,24,25,26,27). The first-order chi connectivity index (χ1) is 13.0. The monoisotopic (exact) mass is 375 g/mol. The van der Waals surface area contributed by atoms with E-state index in [1.807, 2.05) is 13.8 Å². The van der Waals surface area contributed by atoms with Crippen molar-refractivity contribution >= 4 is 34.9 Å². The maximum Gasteiger partial charge on any atom is 0.233 e. The molecular weight excluding hydrogens is 362 g/mol. The number of aryl methyl sites for hydroxylation is 2. The number of aromatic nitrogens is 3. The van der Waals surface area contributed by atoms with Gasteiger partial charge in [-0.25, -0.2) is 0 Å². The quantitative estimate of drug-likeness (QED) is 0.696. The second-order valence-corrected chi connectivity index (χ2v) is 6.13. The third-order valence-electron chi connectivity index (χ3n) is 3.78. The highest BCUT2D eigenvalue weighted by molar-refractivity contribution is 6.28. The summed E-state index contributed by atoms with van der Waals surface area (Å²) < 4.78 is 0. The molecule has 3 aromatic rings. The van der Waals surface area contributed by atoms with E-state index in [0.29, 0.717) is 16.8 Å². The Morgan fingerprint density at radius 2 is 1.37 bits per heavy atom. The molecule has 1 aromatic heterocycles. The largest absolute Gasteiger partial charge is 0.324 e. The van der Waals surface area contributed by atoms with E-state index in [1.165, 1.54) is 0 Å². The SMILES string of the molecule is Cc1cc(C#N)cc(C)c1Nc1nc(Cl)nc(Nc2ccc(C#N)cc2)n1. The van der Waals surface area contributed by atoms with Crippen LogP contribution in [0.4, 0.5) is 23.3 Å². The Hall–Kier alpha value is -3.68. The zero-order chi connectivity index (χ0) is 19.4. The van der Waals surface area contributed by atoms with Crippen LogP contribution in [0.2, 0.25) is 5.28 Å². The molecule has 1 heterocycles. The summed E-state index contributed by atoms with van der Waals surface area (Å²) in [6, 6.07) is 14.6. The molecule has 0 atom stereocenters. The van der Waals surface area contributed by atoms with Crippen LogP contribution in [0, 0.1) is 36.5 Å². The van der Waals surface area contributed by atoms with Crippen LogP contribution in [0.3, 0.4) is 0 Å². The molecule has 8 heteroatoms. The first-order valence-electron chi connectivity index (χ1n) is 7.95. The topological polar surface area (TPSA) is 110 Å². The molecule has 0 bridgehead atoms. The lowest BCUT2D eigenvalue weighted by Crippen LogP contribution is -2.05. The zero-order valence-electron chi connectivity index (χ0n) is 14.6. The fraction of sp³-hybridized carbons (Fsp3) is 0.105. The third-order valence-corrected chi connectivity index (χ3v) is 3.95. The van der Waals surface area contributed by atoms with Gasteiger partial charge in [0.25, 0.3) is 0 Å². The molecule has 7 nitrogen and oxygen atoms in total. The second kappa shape index (κ2) is 7.69. The molecular formula is C19H14ClN7. The van der Waals surface area contributed by atoms with Crippen LogP contribution in [-0.4, -0.2) is 15.0 Å². The summed E-state index contributed by atoms with van der Waals surface area (Å²) in [5.74, 6) is 0.549. The van der Waals surface area contributed by atoms with Crippen LogP contribution in [0.25, 0.3) is 0 Å². The van der Waals surface area contributed by atoms with Gasteiger partial charge in [0.05, 0.1) is 23.3 Å². The van der Waals surface area contributed by atoms with Gasteiger partial charge in [0.15, 0.2) is 0 Å². The fourth-order valence-electron chi connectivity index (χ4n) is 2.56. The molecule has 3 rings (SSSR count). The summed E-state index contributed by atoms with van der Waals surface area (Å²) >= 11 is 6.03. The first-order valence-corrected chi connectivity index (χ1v) is 8.33. The highest BCUT2D eigenvalue weighted by atomic mass is 35.5. The predicted molar refractivity (Wildman–Crippen MR) is 103 cm³/mol. The van der Waals surface area contributed by atoms with E-state index < -0.39 is 0 Å². The molecule has 2 N–H and O–H groups in total. The molecule has 0 amide bonds. The molecule has 27 heavy (non-hydrogen) atoms. The van der Waals surface area contributed by atoms with E-state index in [1.54, 1.807) is 36.4 Å². The Kier molecular flexibility index (Phi) is 5.16. The molecule has 0 saturated heterocycles. The van der Waals surface area contributed by atoms with Gasteiger partial charge in [-0.1, -0.05) is 0 Å². The highest BCUT2D eigenvalue weighted by Gasteiger charge is 2.10. The number of hydrogen-bond donors (Lipinski definition) is 2. The first kappa shape index (κ1) is 18.1. The third kappa shape index (κ3) is 4.30. The predicted octanol–water partition coefficient (Wildman–Crippen LogP) is 4.37. The van der Waals surface area contributed by atoms with Crippen molar-refractivity contribution in [3.05, 3.63) is 63.9 Å². The highest BCUT2D eigenvalue weighted by Crippen LogP contribution is 2.25. The minimum atomic E-state index is 0.0348. The molecule has 0 spiro atoms. The number of nitrogens with zero attached hydrogens (tertiary/aromatic N) is 5. The van der Waals surface area contributed by atoms with E-state index in [9.17, 15) is 0 Å². The summed E-state index contributed by atoms with van der Waals surface area (Å²) in [6.45, 7) is 3.80. The van der Waals surface area contributed by atoms with E-state index >= 15 is 0 Å². The van der Waals surface area contributed by atoms with E-state index in [2.05, 4.69) is 37.7 Å². The summed E-state index contributed by atoms with van der Waals surface area (Å²) in [5, 5.41) is 24.1. The molecule has 132 valence electrons. The van der Waals surface area contributed by atoms with Crippen molar-refractivity contribution in [1.29, 1.82) is 10.5 Å². The van der Waals surface area contributed by atoms with Crippen molar-refractivity contribution in [3.8, 4) is 12.1 Å². The van der Waals surface area contributed by atoms with Crippen LogP contribution < -0.4 is 10.6 Å². The van der Waals surface area contributed by atoms with Gasteiger partial charge in [-0.2, -0.15) is 25.5 Å². The second-order valence-electron chi connectivity index (χ2n) is 5.79. The van der Waals surface area contributed by atoms with Gasteiger partial charge in [-0.05, 0) is 73.0 Å². The molecule has 0 fully saturated rings. The Morgan fingerprint density at radius 1 is 0.815 bits per heavy atom. The van der Waals surface area contributed by atoms with Gasteiger partial charge >= 0.3 is 0 Å². The number of rotatable bonds is 4. The van der Waals surface area contributed by atoms with Crippen molar-refractivity contribution < 1.29 is 0 Å². The van der Waals surface area contributed by atoms with Gasteiger partial charge in [0.2, 0.25) is 17.2 Å². The average Bonchev–Trinajstić information content (AvgIpc) is 2.64. The molecule has 0 aliphatic heterocycles. The van der Waals surface area contributed by atoms with Crippen molar-refractivity contribution in [2.45, 2.75) is 13.8 Å². The summed E-state index contributed by atoms with van der Waals surface area (Å²) in [6.07, 6.45) is 0. The van der Waals surface area contributed by atoms with Crippen molar-refractivity contribution in [2.75, 3.05) is 10.6 Å². The van der Waals surface area contributed by atoms with Gasteiger partial charge in [0.1, 0.15) is 0 Å². The minimum Gasteiger partial charge on any atom is -0.324 e. The lowest BCUT2D eigenvalue weighted by atomic mass is 10.1. The maximum atomic E-state index is 9.07. The average molecular weight is 376 g/mol. The number of anilines is 4. The number of nitriles is 2. The maximum absolute atomic E-state index is 9.07. The van der Waals surface area contributed by atoms with Crippen LogP contribution in [-0.2, 0) is 0 Å². The minimum absolute atomic E-state index is 0.0348. The lowest BCUT2D eigenvalue weighted by molar-refractivity contribution is 1.06. The molecule has 0 aliphatic rings. The summed E-state index contributed by atoms with van der Waals surface area (Å²) in [7, 11) is 0. The Labute approximate surface area is 161 Å². The molecule has 0 radical (unpaired) electrons. The Bertz CT molecular complexity index is 1060. The van der Waals surface area contributed by atoms with Gasteiger partial charge in [-0.3, -0.25) is 0 Å². The van der Waals surface area contributed by atoms with Crippen LogP contribution in [0.1, 0.15) is 22.3 Å². The summed E-state index contributed by atoms with van der Waals surface area (Å²) in [5.41, 5.74) is 4.46. The normalized spacial score (nSPS) is 9.96. The van der Waals surface area contributed by atoms with Crippen LogP contribution in [0.15, 0.2) is 36.4 Å². The molecule has 0 saturated carbocycles. The number of hydrogen-bond acceptors (Lipinski definition) is 7. The molecule has 0 unspecified atom stereocenters. The van der Waals surface area contributed by atoms with Crippen LogP contribution >= 0.6 is 11.6 Å². The molecule has 2 aromatic carbocycles. The van der Waals surface area contributed by atoms with E-state index in [-0.39, 0.29) is 17.2 Å². The molecule has 0 aliphatic carbocycles. The number of halogens is 1. The lowest BCUT2D eigenvalue weighted by Gasteiger charge is -2.13. The number of nitrogens with one attached hydrogen (secondary N) is 2. The van der Waals surface area contributed by atoms with Gasteiger partial charge < -0.3 is 10.6 Å². The van der Waals surface area contributed by atoms with Crippen molar-refractivity contribution in [2.24, 2.45) is 0 Å². The Morgan fingerprint density at radius 3 is 1.93 bits per heavy atom. The van der Waals surface area contributed by atoms with E-state index in [4.69, 9.17) is 22.1 Å². The summed E-state index contributed by atoms with van der Waals surface area (Å²) in [4.78, 5) is 12.5. The van der Waals surface area contributed by atoms with Gasteiger partial charge in [0, 0.05) is 11.4 Å². The van der Waals surface area contributed by atoms with E-state index in [0.717, 1.165) is 16.8 Å². The Balaban J connectivity index is 1.88. The van der Waals surface area contributed by atoms with Crippen molar-refractivity contribution in [3.63, 3.8) is 0 Å². The fourth-order valence-corrected chi connectivity index (χ4v) is 2.72.